The lowest BCUT2D eigenvalue weighted by Gasteiger charge is -2.73. The van der Waals surface area contributed by atoms with Crippen LogP contribution in [0.15, 0.2) is 12.2 Å². The van der Waals surface area contributed by atoms with Crippen molar-refractivity contribution in [1.29, 1.82) is 0 Å². The lowest BCUT2D eigenvalue weighted by Crippen LogP contribution is -2.68. The third kappa shape index (κ3) is 10.9. The van der Waals surface area contributed by atoms with E-state index in [9.17, 15) is 76.6 Å². The zero-order valence-electron chi connectivity index (χ0n) is 49.6. The Labute approximate surface area is 494 Å². The van der Waals surface area contributed by atoms with Crippen LogP contribution in [-0.2, 0) is 52.2 Å². The monoisotopic (exact) mass is 1220 g/mol. The summed E-state index contributed by atoms with van der Waals surface area (Å²) < 4.78 is 59.5. The second-order valence-corrected chi connectivity index (χ2v) is 28.0. The quantitative estimate of drug-likeness (QED) is 0.0478. The molecule has 0 spiro atoms. The highest BCUT2D eigenvalue weighted by Gasteiger charge is 2.73. The van der Waals surface area contributed by atoms with Gasteiger partial charge in [0.25, 0.3) is 0 Å². The normalized spacial score (nSPS) is 56.3. The zero-order valence-corrected chi connectivity index (χ0v) is 49.6. The van der Waals surface area contributed by atoms with Gasteiger partial charge in [0.15, 0.2) is 25.2 Å². The minimum absolute atomic E-state index is 0.0172. The molecule has 0 bridgehead atoms. The lowest BCUT2D eigenvalue weighted by atomic mass is 9.32. The molecule has 0 radical (unpaired) electrons. The first-order valence-electron chi connectivity index (χ1n) is 30.7. The van der Waals surface area contributed by atoms with E-state index in [4.69, 9.17) is 47.4 Å². The van der Waals surface area contributed by atoms with Crippen LogP contribution in [0.5, 0.6) is 0 Å². The number of aliphatic hydroxyl groups is 15. The van der Waals surface area contributed by atoms with Crippen LogP contribution in [0.3, 0.4) is 0 Å². The Hall–Kier alpha value is -1.75. The molecule has 5 saturated heterocycles. The Morgan fingerprint density at radius 2 is 1.13 bits per heavy atom. The largest absolute Gasteiger partial charge is 0.432 e. The zero-order chi connectivity index (χ0) is 61.9. The van der Waals surface area contributed by atoms with Gasteiger partial charge in [0.1, 0.15) is 104 Å². The molecule has 35 atom stereocenters. The van der Waals surface area contributed by atoms with Crippen molar-refractivity contribution in [2.24, 2.45) is 56.7 Å². The molecule has 5 aliphatic carbocycles. The number of hydrogen-bond donors (Lipinski definition) is 15. The fourth-order valence-corrected chi connectivity index (χ4v) is 18.4. The average Bonchev–Trinajstić information content (AvgIpc) is 1.62. The Morgan fingerprint density at radius 3 is 1.74 bits per heavy atom. The van der Waals surface area contributed by atoms with Crippen LogP contribution in [0.1, 0.15) is 113 Å². The summed E-state index contributed by atoms with van der Waals surface area (Å²) in [6, 6.07) is 0. The van der Waals surface area contributed by atoms with Gasteiger partial charge in [-0.2, -0.15) is 0 Å². The number of fused-ring (bicyclic) bond motifs is 7. The minimum atomic E-state index is -1.90. The molecule has 85 heavy (non-hydrogen) atoms. The average molecular weight is 1220 g/mol. The molecular formula is C59H96O26. The van der Waals surface area contributed by atoms with Crippen molar-refractivity contribution >= 4 is 5.97 Å². The third-order valence-electron chi connectivity index (χ3n) is 23.6. The maximum atomic E-state index is 15.2. The number of allylic oxidation sites excluding steroid dienone is 1. The number of hydrogen-bond acceptors (Lipinski definition) is 26. The van der Waals surface area contributed by atoms with Gasteiger partial charge >= 0.3 is 5.97 Å². The first-order chi connectivity index (χ1) is 39.9. The van der Waals surface area contributed by atoms with E-state index in [1.54, 1.807) is 0 Å². The maximum Gasteiger partial charge on any atom is 0.314 e. The van der Waals surface area contributed by atoms with E-state index in [1.165, 1.54) is 13.8 Å². The van der Waals surface area contributed by atoms with E-state index in [1.807, 2.05) is 13.8 Å². The molecule has 0 amide bonds. The summed E-state index contributed by atoms with van der Waals surface area (Å²) in [5, 5.41) is 163. The molecule has 10 fully saturated rings. The molecule has 10 aliphatic rings. The summed E-state index contributed by atoms with van der Waals surface area (Å²) in [7, 11) is 0. The Morgan fingerprint density at radius 1 is 0.541 bits per heavy atom. The van der Waals surface area contributed by atoms with Gasteiger partial charge in [-0.3, -0.25) is 4.79 Å². The maximum absolute atomic E-state index is 15.2. The molecule has 0 aromatic carbocycles. The van der Waals surface area contributed by atoms with Crippen molar-refractivity contribution < 1.29 is 129 Å². The van der Waals surface area contributed by atoms with Crippen LogP contribution in [0.4, 0.5) is 0 Å². The third-order valence-corrected chi connectivity index (χ3v) is 23.6. The fraction of sp³-hybridized carbons (Fsp3) is 0.949. The van der Waals surface area contributed by atoms with E-state index in [-0.39, 0.29) is 59.0 Å². The van der Waals surface area contributed by atoms with Crippen molar-refractivity contribution in [3.63, 3.8) is 0 Å². The van der Waals surface area contributed by atoms with Gasteiger partial charge in [0.05, 0.1) is 50.2 Å². The highest BCUT2D eigenvalue weighted by atomic mass is 16.8. The van der Waals surface area contributed by atoms with Crippen LogP contribution >= 0.6 is 0 Å². The number of rotatable bonds is 14. The molecule has 15 N–H and O–H groups in total. The van der Waals surface area contributed by atoms with Gasteiger partial charge in [-0.05, 0) is 131 Å². The van der Waals surface area contributed by atoms with E-state index in [0.717, 1.165) is 31.3 Å². The molecule has 5 aliphatic heterocycles. The van der Waals surface area contributed by atoms with E-state index >= 15 is 4.79 Å². The summed E-state index contributed by atoms with van der Waals surface area (Å²) in [5.74, 6) is -0.760. The van der Waals surface area contributed by atoms with Crippen molar-refractivity contribution in [3.05, 3.63) is 12.2 Å². The van der Waals surface area contributed by atoms with Crippen molar-refractivity contribution in [3.8, 4) is 0 Å². The molecule has 0 aromatic rings. The molecule has 0 aromatic heterocycles. The molecule has 26 nitrogen and oxygen atoms in total. The van der Waals surface area contributed by atoms with Crippen LogP contribution in [-0.4, -0.2) is 263 Å². The number of ether oxygens (including phenoxy) is 10. The predicted octanol–water partition coefficient (Wildman–Crippen LogP) is -2.69. The van der Waals surface area contributed by atoms with Gasteiger partial charge in [0.2, 0.25) is 6.29 Å². The summed E-state index contributed by atoms with van der Waals surface area (Å²) in [6.45, 7) is 16.5. The van der Waals surface area contributed by atoms with Crippen molar-refractivity contribution in [2.75, 3.05) is 26.4 Å². The smallest absolute Gasteiger partial charge is 0.314 e. The molecule has 488 valence electrons. The minimum Gasteiger partial charge on any atom is -0.432 e. The topological polar surface area (TPSA) is 413 Å². The number of aliphatic hydroxyl groups excluding tert-OH is 15. The Balaban J connectivity index is 0.820. The van der Waals surface area contributed by atoms with Crippen molar-refractivity contribution in [2.45, 2.75) is 266 Å². The fourth-order valence-electron chi connectivity index (χ4n) is 18.4. The first-order valence-corrected chi connectivity index (χ1v) is 30.7. The first kappa shape index (κ1) is 66.2. The number of carbonyl (C=O) groups excluding carboxylic acids is 1. The Bertz CT molecular complexity index is 2340. The second kappa shape index (κ2) is 24.7. The molecule has 5 saturated carbocycles. The van der Waals surface area contributed by atoms with Crippen LogP contribution < -0.4 is 0 Å². The lowest BCUT2D eigenvalue weighted by molar-refractivity contribution is -0.366. The molecule has 5 heterocycles. The summed E-state index contributed by atoms with van der Waals surface area (Å²) >= 11 is 0. The van der Waals surface area contributed by atoms with Crippen molar-refractivity contribution in [1.82, 2.24) is 0 Å². The SMILES string of the molecule is C=C(C)C1CCC2(C(=O)O[C@@H]3O[C@H](CO[C@@H]4O[C@H](CO)[C@@H](O[C@@H]5O[C@@H](C)[C@@H](O)[C@@H](O)[C@H]5O)[C@H](O)[C@H]4O)[C@@H](O)[C@H](O)[C@H]3O)CCC3(C)C(CCC4C5(C)CCC(O[C@@H]6OC[C@@H](O)[C@H](O)[C@H]6O[C@@H]6O[C@@H](C)[C@@H](O)[C@@H](O)[C@H]6O)[C@@](C)(CO)C5CCC43C)C12. The highest BCUT2D eigenvalue weighted by Crippen LogP contribution is 2.78. The Kier molecular flexibility index (Phi) is 19.2. The van der Waals surface area contributed by atoms with Crippen LogP contribution in [0.25, 0.3) is 0 Å². The van der Waals surface area contributed by atoms with Crippen LogP contribution in [0, 0.1) is 56.7 Å². The van der Waals surface area contributed by atoms with Gasteiger partial charge in [-0.1, -0.05) is 39.8 Å². The summed E-state index contributed by atoms with van der Waals surface area (Å²) in [4.78, 5) is 15.2. The summed E-state index contributed by atoms with van der Waals surface area (Å²) in [5.41, 5.74) is -1.80. The number of esters is 1. The molecular weight excluding hydrogens is 1120 g/mol. The number of carbonyl (C=O) groups is 1. The van der Waals surface area contributed by atoms with E-state index < -0.39 is 184 Å². The second-order valence-electron chi connectivity index (χ2n) is 28.0. The van der Waals surface area contributed by atoms with Gasteiger partial charge < -0.3 is 124 Å². The van der Waals surface area contributed by atoms with E-state index in [2.05, 4.69) is 27.4 Å². The molecule has 10 unspecified atom stereocenters. The van der Waals surface area contributed by atoms with Gasteiger partial charge in [-0.15, -0.1) is 0 Å². The molecule has 26 heteroatoms. The van der Waals surface area contributed by atoms with Gasteiger partial charge in [-0.25, -0.2) is 0 Å². The standard InChI is InChI=1S/C59H96O26/c1-23(2)26-11-16-59(54(75)85-52-45(73)41(69)38(66)30(81-52)21-77-49-46(74)42(70)47(29(19-60)80-49)83-50-43(71)39(67)35(63)24(3)78-50)18-17-57(7)27(34(26)59)9-10-32-55(5)14-13-33(56(6,22-61)31(55)12-15-58(32,57)8)82-53-48(37(65)28(62)20-76-53)84-51-44(72)40(68)36(64)25(4)79-51/h24-53,60-74H,1,9-22H2,2-8H3/t24-,25-,26?,27?,28+,29+,30+,31?,32?,33?,34?,35+,36+,37-,38+,39+,40+,41-,42+,43+,44+,45+,46+,47+,48+,49+,50-,51-,52-,53-,55?,56-,57?,58?,59?/m0/s1. The predicted molar refractivity (Wildman–Crippen MR) is 288 cm³/mol. The highest BCUT2D eigenvalue weighted by molar-refractivity contribution is 5.78. The summed E-state index contributed by atoms with van der Waals surface area (Å²) in [6.07, 6.45) is -31.6. The van der Waals surface area contributed by atoms with Gasteiger partial charge in [0, 0.05) is 5.41 Å². The van der Waals surface area contributed by atoms with Crippen LogP contribution in [0.2, 0.25) is 0 Å². The molecule has 10 rings (SSSR count). The van der Waals surface area contributed by atoms with E-state index in [0.29, 0.717) is 38.5 Å².